The molecule has 0 aliphatic rings. The van der Waals surface area contributed by atoms with Crippen LogP contribution in [-0.2, 0) is 13.1 Å². The van der Waals surface area contributed by atoms with E-state index in [1.165, 1.54) is 23.3 Å². The summed E-state index contributed by atoms with van der Waals surface area (Å²) in [6.07, 6.45) is 3.60. The first kappa shape index (κ1) is 16.5. The summed E-state index contributed by atoms with van der Waals surface area (Å²) in [5.41, 5.74) is 1.28. The number of thiophene rings is 1. The first-order valence-corrected chi connectivity index (χ1v) is 9.10. The zero-order valence-corrected chi connectivity index (χ0v) is 14.8. The third-order valence-electron chi connectivity index (χ3n) is 3.19. The van der Waals surface area contributed by atoms with Gasteiger partial charge in [0.15, 0.2) is 0 Å². The molecule has 0 aliphatic carbocycles. The fourth-order valence-electron chi connectivity index (χ4n) is 2.02. The van der Waals surface area contributed by atoms with Crippen LogP contribution in [0.15, 0.2) is 40.2 Å². The van der Waals surface area contributed by atoms with Gasteiger partial charge in [0.25, 0.3) is 0 Å². The quantitative estimate of drug-likeness (QED) is 0.601. The molecule has 2 rings (SSSR count). The summed E-state index contributed by atoms with van der Waals surface area (Å²) in [6, 6.07) is 10.5. The molecule has 1 aromatic heterocycles. The second kappa shape index (κ2) is 9.23. The lowest BCUT2D eigenvalue weighted by atomic mass is 10.2. The highest BCUT2D eigenvalue weighted by Gasteiger charge is 1.99. The third-order valence-corrected chi connectivity index (χ3v) is 4.89. The largest absolute Gasteiger partial charge is 0.494 e. The standard InChI is InChI=1S/C17H22BrNOS/c1-2-3-4-9-20-16-7-5-14(6-8-16)11-19-12-17-10-15(18)13-21-17/h5-8,10,13,19H,2-4,9,11-12H2,1H3. The minimum absolute atomic E-state index is 0.818. The molecule has 1 N–H and O–H groups in total. The van der Waals surface area contributed by atoms with Crippen molar-refractivity contribution in [3.05, 3.63) is 50.6 Å². The first-order valence-electron chi connectivity index (χ1n) is 7.43. The van der Waals surface area contributed by atoms with Gasteiger partial charge in [0.2, 0.25) is 0 Å². The average molecular weight is 368 g/mol. The van der Waals surface area contributed by atoms with E-state index in [1.54, 1.807) is 11.3 Å². The Hall–Kier alpha value is -0.840. The zero-order valence-electron chi connectivity index (χ0n) is 12.4. The van der Waals surface area contributed by atoms with E-state index >= 15 is 0 Å². The molecule has 0 unspecified atom stereocenters. The Morgan fingerprint density at radius 2 is 1.95 bits per heavy atom. The van der Waals surface area contributed by atoms with Gasteiger partial charge in [-0.3, -0.25) is 0 Å². The predicted octanol–water partition coefficient (Wildman–Crippen LogP) is 5.37. The molecular weight excluding hydrogens is 346 g/mol. The topological polar surface area (TPSA) is 21.3 Å². The number of hydrogen-bond acceptors (Lipinski definition) is 3. The Balaban J connectivity index is 1.69. The maximum absolute atomic E-state index is 5.72. The van der Waals surface area contributed by atoms with E-state index < -0.39 is 0 Å². The average Bonchev–Trinajstić information content (AvgIpc) is 2.91. The summed E-state index contributed by atoms with van der Waals surface area (Å²) in [5, 5.41) is 5.57. The number of rotatable bonds is 9. The van der Waals surface area contributed by atoms with Gasteiger partial charge in [0.05, 0.1) is 6.61 Å². The highest BCUT2D eigenvalue weighted by Crippen LogP contribution is 2.19. The van der Waals surface area contributed by atoms with Gasteiger partial charge >= 0.3 is 0 Å². The molecule has 0 aliphatic heterocycles. The number of ether oxygens (including phenoxy) is 1. The van der Waals surface area contributed by atoms with Crippen LogP contribution in [0.5, 0.6) is 5.75 Å². The number of unbranched alkanes of at least 4 members (excludes halogenated alkanes) is 2. The third kappa shape index (κ3) is 6.20. The van der Waals surface area contributed by atoms with Gasteiger partial charge < -0.3 is 10.1 Å². The lowest BCUT2D eigenvalue weighted by Crippen LogP contribution is -2.11. The van der Waals surface area contributed by atoms with Crippen LogP contribution in [0.1, 0.15) is 36.6 Å². The van der Waals surface area contributed by atoms with Crippen LogP contribution in [0, 0.1) is 0 Å². The van der Waals surface area contributed by atoms with E-state index in [9.17, 15) is 0 Å². The van der Waals surface area contributed by atoms with Gasteiger partial charge in [0, 0.05) is 27.8 Å². The van der Waals surface area contributed by atoms with E-state index in [2.05, 4.69) is 63.9 Å². The summed E-state index contributed by atoms with van der Waals surface area (Å²) in [7, 11) is 0. The van der Waals surface area contributed by atoms with Crippen LogP contribution in [0.3, 0.4) is 0 Å². The van der Waals surface area contributed by atoms with Gasteiger partial charge in [-0.1, -0.05) is 31.9 Å². The van der Waals surface area contributed by atoms with E-state index in [0.717, 1.165) is 36.3 Å². The Bertz CT molecular complexity index is 524. The molecule has 0 amide bonds. The molecule has 1 heterocycles. The maximum atomic E-state index is 5.72. The zero-order chi connectivity index (χ0) is 14.9. The van der Waals surface area contributed by atoms with Crippen molar-refractivity contribution in [3.8, 4) is 5.75 Å². The Morgan fingerprint density at radius 3 is 2.62 bits per heavy atom. The molecule has 0 radical (unpaired) electrons. The van der Waals surface area contributed by atoms with E-state index in [0.29, 0.717) is 0 Å². The summed E-state index contributed by atoms with van der Waals surface area (Å²) in [4.78, 5) is 1.35. The van der Waals surface area contributed by atoms with Crippen molar-refractivity contribution in [2.75, 3.05) is 6.61 Å². The van der Waals surface area contributed by atoms with E-state index in [4.69, 9.17) is 4.74 Å². The van der Waals surface area contributed by atoms with Crippen molar-refractivity contribution in [2.24, 2.45) is 0 Å². The van der Waals surface area contributed by atoms with Gasteiger partial charge in [-0.25, -0.2) is 0 Å². The molecule has 0 fully saturated rings. The minimum atomic E-state index is 0.818. The van der Waals surface area contributed by atoms with E-state index in [1.807, 2.05) is 0 Å². The van der Waals surface area contributed by atoms with Crippen molar-refractivity contribution in [1.82, 2.24) is 5.32 Å². The highest BCUT2D eigenvalue weighted by atomic mass is 79.9. The van der Waals surface area contributed by atoms with E-state index in [-0.39, 0.29) is 0 Å². The maximum Gasteiger partial charge on any atom is 0.119 e. The van der Waals surface area contributed by atoms with Crippen LogP contribution in [-0.4, -0.2) is 6.61 Å². The van der Waals surface area contributed by atoms with Crippen molar-refractivity contribution in [1.29, 1.82) is 0 Å². The molecular formula is C17H22BrNOS. The molecule has 114 valence electrons. The van der Waals surface area contributed by atoms with Gasteiger partial charge in [0.1, 0.15) is 5.75 Å². The Labute approximate surface area is 139 Å². The predicted molar refractivity (Wildman–Crippen MR) is 94.0 cm³/mol. The second-order valence-corrected chi connectivity index (χ2v) is 6.95. The Morgan fingerprint density at radius 1 is 1.14 bits per heavy atom. The Kier molecular flexibility index (Phi) is 7.27. The SMILES string of the molecule is CCCCCOc1ccc(CNCc2cc(Br)cs2)cc1. The van der Waals surface area contributed by atoms with Gasteiger partial charge in [-0.05, 0) is 46.1 Å². The number of benzene rings is 1. The first-order chi connectivity index (χ1) is 10.3. The minimum Gasteiger partial charge on any atom is -0.494 e. The molecule has 4 heteroatoms. The van der Waals surface area contributed by atoms with Crippen LogP contribution >= 0.6 is 27.3 Å². The highest BCUT2D eigenvalue weighted by molar-refractivity contribution is 9.10. The molecule has 0 saturated carbocycles. The van der Waals surface area contributed by atoms with Crippen molar-refractivity contribution < 1.29 is 4.74 Å². The summed E-state index contributed by atoms with van der Waals surface area (Å²) in [6.45, 7) is 4.81. The molecule has 1 aromatic carbocycles. The summed E-state index contributed by atoms with van der Waals surface area (Å²) >= 11 is 5.25. The normalized spacial score (nSPS) is 10.8. The van der Waals surface area contributed by atoms with Crippen LogP contribution in [0.25, 0.3) is 0 Å². The molecule has 2 aromatic rings. The molecule has 2 nitrogen and oxygen atoms in total. The fourth-order valence-corrected chi connectivity index (χ4v) is 3.44. The van der Waals surface area contributed by atoms with Crippen molar-refractivity contribution in [3.63, 3.8) is 0 Å². The molecule has 21 heavy (non-hydrogen) atoms. The van der Waals surface area contributed by atoms with Crippen LogP contribution in [0.2, 0.25) is 0 Å². The number of halogens is 1. The summed E-state index contributed by atoms with van der Waals surface area (Å²) < 4.78 is 6.88. The number of hydrogen-bond donors (Lipinski definition) is 1. The van der Waals surface area contributed by atoms with Crippen molar-refractivity contribution in [2.45, 2.75) is 39.3 Å². The number of nitrogens with one attached hydrogen (secondary N) is 1. The van der Waals surface area contributed by atoms with Crippen LogP contribution < -0.4 is 10.1 Å². The monoisotopic (exact) mass is 367 g/mol. The molecule has 0 spiro atoms. The molecule has 0 saturated heterocycles. The lowest BCUT2D eigenvalue weighted by molar-refractivity contribution is 0.306. The molecule has 0 atom stereocenters. The lowest BCUT2D eigenvalue weighted by Gasteiger charge is -2.07. The molecule has 0 bridgehead atoms. The van der Waals surface area contributed by atoms with Gasteiger partial charge in [-0.2, -0.15) is 0 Å². The van der Waals surface area contributed by atoms with Gasteiger partial charge in [-0.15, -0.1) is 11.3 Å². The smallest absolute Gasteiger partial charge is 0.119 e. The van der Waals surface area contributed by atoms with Crippen molar-refractivity contribution >= 4 is 27.3 Å². The summed E-state index contributed by atoms with van der Waals surface area (Å²) in [5.74, 6) is 0.969. The van der Waals surface area contributed by atoms with Crippen LogP contribution in [0.4, 0.5) is 0 Å². The fraction of sp³-hybridized carbons (Fsp3) is 0.412. The second-order valence-electron chi connectivity index (χ2n) is 5.03.